The third kappa shape index (κ3) is 5.43. The van der Waals surface area contributed by atoms with Crippen molar-refractivity contribution in [1.29, 1.82) is 0 Å². The summed E-state index contributed by atoms with van der Waals surface area (Å²) in [7, 11) is 0. The third-order valence-corrected chi connectivity index (χ3v) is 5.06. The molecule has 0 atom stereocenters. The number of rotatable bonds is 7. The molecule has 1 aromatic carbocycles. The summed E-state index contributed by atoms with van der Waals surface area (Å²) in [5, 5.41) is 3.21. The van der Waals surface area contributed by atoms with E-state index in [1.807, 2.05) is 6.07 Å². The van der Waals surface area contributed by atoms with Gasteiger partial charge in [-0.2, -0.15) is 0 Å². The smallest absolute Gasteiger partial charge is 0.220 e. The number of aryl methyl sites for hydroxylation is 1. The first-order valence-electron chi connectivity index (χ1n) is 9.56. The van der Waals surface area contributed by atoms with Gasteiger partial charge in [-0.05, 0) is 50.8 Å². The number of carbonyl (C=O) groups is 1. The Bertz CT molecular complexity index is 518. The molecule has 1 fully saturated rings. The molecule has 0 radical (unpaired) electrons. The van der Waals surface area contributed by atoms with Crippen LogP contribution in [-0.2, 0) is 11.2 Å². The molecular formula is C20H33N3O. The number of amides is 1. The zero-order chi connectivity index (χ0) is 17.4. The van der Waals surface area contributed by atoms with E-state index in [9.17, 15) is 4.79 Å². The SMILES string of the molecule is CCN(CC)c1ccc(CCC(=O)NC2CCCCCC2)cc1N. The van der Waals surface area contributed by atoms with Gasteiger partial charge in [-0.15, -0.1) is 0 Å². The number of nitrogens with two attached hydrogens (primary N) is 1. The summed E-state index contributed by atoms with van der Waals surface area (Å²) in [5.74, 6) is 0.174. The predicted octanol–water partition coefficient (Wildman–Crippen LogP) is 3.89. The first kappa shape index (κ1) is 18.6. The first-order valence-corrected chi connectivity index (χ1v) is 9.56. The Morgan fingerprint density at radius 3 is 2.42 bits per heavy atom. The minimum Gasteiger partial charge on any atom is -0.397 e. The fraction of sp³-hybridized carbons (Fsp3) is 0.650. The van der Waals surface area contributed by atoms with E-state index in [2.05, 4.69) is 36.2 Å². The Morgan fingerprint density at radius 1 is 1.17 bits per heavy atom. The maximum Gasteiger partial charge on any atom is 0.220 e. The van der Waals surface area contributed by atoms with Crippen LogP contribution in [0.4, 0.5) is 11.4 Å². The van der Waals surface area contributed by atoms with Gasteiger partial charge in [0.25, 0.3) is 0 Å². The van der Waals surface area contributed by atoms with Gasteiger partial charge in [0.1, 0.15) is 0 Å². The van der Waals surface area contributed by atoms with Crippen molar-refractivity contribution in [3.8, 4) is 0 Å². The summed E-state index contributed by atoms with van der Waals surface area (Å²) < 4.78 is 0. The van der Waals surface area contributed by atoms with Crippen LogP contribution in [-0.4, -0.2) is 25.0 Å². The Labute approximate surface area is 146 Å². The molecule has 24 heavy (non-hydrogen) atoms. The molecule has 1 aromatic rings. The first-order chi connectivity index (χ1) is 11.6. The van der Waals surface area contributed by atoms with Crippen molar-refractivity contribution in [3.05, 3.63) is 23.8 Å². The topological polar surface area (TPSA) is 58.4 Å². The second-order valence-corrected chi connectivity index (χ2v) is 6.82. The van der Waals surface area contributed by atoms with Crippen LogP contribution in [0.15, 0.2) is 18.2 Å². The molecular weight excluding hydrogens is 298 g/mol. The molecule has 1 aliphatic rings. The fourth-order valence-corrected chi connectivity index (χ4v) is 3.59. The number of hydrogen-bond donors (Lipinski definition) is 2. The molecule has 0 saturated heterocycles. The number of carbonyl (C=O) groups excluding carboxylic acids is 1. The third-order valence-electron chi connectivity index (χ3n) is 5.06. The van der Waals surface area contributed by atoms with Gasteiger partial charge in [-0.25, -0.2) is 0 Å². The lowest BCUT2D eigenvalue weighted by Gasteiger charge is -2.23. The van der Waals surface area contributed by atoms with Gasteiger partial charge in [0, 0.05) is 25.6 Å². The molecule has 0 heterocycles. The van der Waals surface area contributed by atoms with Crippen LogP contribution in [0.1, 0.15) is 64.4 Å². The Hall–Kier alpha value is -1.71. The van der Waals surface area contributed by atoms with Crippen molar-refractivity contribution in [1.82, 2.24) is 5.32 Å². The number of nitrogens with one attached hydrogen (secondary N) is 1. The summed E-state index contributed by atoms with van der Waals surface area (Å²) >= 11 is 0. The predicted molar refractivity (Wildman–Crippen MR) is 102 cm³/mol. The van der Waals surface area contributed by atoms with E-state index in [0.717, 1.165) is 49.3 Å². The molecule has 1 saturated carbocycles. The maximum absolute atomic E-state index is 12.2. The number of nitrogen functional groups attached to an aromatic ring is 1. The molecule has 0 aliphatic heterocycles. The molecule has 3 N–H and O–H groups in total. The molecule has 0 bridgehead atoms. The molecule has 0 unspecified atom stereocenters. The van der Waals surface area contributed by atoms with Crippen molar-refractivity contribution in [2.75, 3.05) is 23.7 Å². The normalized spacial score (nSPS) is 15.8. The molecule has 2 rings (SSSR count). The lowest BCUT2D eigenvalue weighted by Crippen LogP contribution is -2.34. The Balaban J connectivity index is 1.85. The number of benzene rings is 1. The van der Waals surface area contributed by atoms with Gasteiger partial charge in [-0.3, -0.25) is 4.79 Å². The fourth-order valence-electron chi connectivity index (χ4n) is 3.59. The lowest BCUT2D eigenvalue weighted by atomic mass is 10.1. The summed E-state index contributed by atoms with van der Waals surface area (Å²) in [6.07, 6.45) is 8.67. The highest BCUT2D eigenvalue weighted by Gasteiger charge is 2.15. The molecule has 4 nitrogen and oxygen atoms in total. The quantitative estimate of drug-likeness (QED) is 0.589. The Morgan fingerprint density at radius 2 is 1.83 bits per heavy atom. The van der Waals surface area contributed by atoms with E-state index in [0.29, 0.717) is 12.5 Å². The van der Waals surface area contributed by atoms with Crippen LogP contribution in [0.5, 0.6) is 0 Å². The molecule has 0 spiro atoms. The highest BCUT2D eigenvalue weighted by atomic mass is 16.1. The van der Waals surface area contributed by atoms with E-state index < -0.39 is 0 Å². The molecule has 1 aliphatic carbocycles. The van der Waals surface area contributed by atoms with Crippen molar-refractivity contribution in [3.63, 3.8) is 0 Å². The largest absolute Gasteiger partial charge is 0.397 e. The van der Waals surface area contributed by atoms with Crippen LogP contribution in [0.2, 0.25) is 0 Å². The van der Waals surface area contributed by atoms with E-state index in [1.165, 1.54) is 25.7 Å². The minimum atomic E-state index is 0.174. The van der Waals surface area contributed by atoms with Crippen molar-refractivity contribution < 1.29 is 4.79 Å². The number of nitrogens with zero attached hydrogens (tertiary/aromatic N) is 1. The summed E-state index contributed by atoms with van der Waals surface area (Å²) in [6.45, 7) is 6.16. The highest BCUT2D eigenvalue weighted by molar-refractivity contribution is 5.76. The van der Waals surface area contributed by atoms with Gasteiger partial charge in [0.2, 0.25) is 5.91 Å². The van der Waals surface area contributed by atoms with E-state index in [-0.39, 0.29) is 5.91 Å². The van der Waals surface area contributed by atoms with Crippen LogP contribution in [0.25, 0.3) is 0 Å². The monoisotopic (exact) mass is 331 g/mol. The van der Waals surface area contributed by atoms with Crippen LogP contribution in [0, 0.1) is 0 Å². The minimum absolute atomic E-state index is 0.174. The summed E-state index contributed by atoms with van der Waals surface area (Å²) in [6, 6.07) is 6.59. The summed E-state index contributed by atoms with van der Waals surface area (Å²) in [4.78, 5) is 14.4. The van der Waals surface area contributed by atoms with E-state index >= 15 is 0 Å². The molecule has 134 valence electrons. The second kappa shape index (κ2) is 9.55. The van der Waals surface area contributed by atoms with Gasteiger partial charge in [0.15, 0.2) is 0 Å². The Kier molecular flexibility index (Phi) is 7.41. The molecule has 4 heteroatoms. The second-order valence-electron chi connectivity index (χ2n) is 6.82. The number of hydrogen-bond acceptors (Lipinski definition) is 3. The van der Waals surface area contributed by atoms with Crippen LogP contribution in [0.3, 0.4) is 0 Å². The van der Waals surface area contributed by atoms with Crippen LogP contribution >= 0.6 is 0 Å². The van der Waals surface area contributed by atoms with E-state index in [4.69, 9.17) is 5.73 Å². The highest BCUT2D eigenvalue weighted by Crippen LogP contribution is 2.25. The van der Waals surface area contributed by atoms with Gasteiger partial charge in [-0.1, -0.05) is 31.7 Å². The summed E-state index contributed by atoms with van der Waals surface area (Å²) in [5.41, 5.74) is 9.24. The molecule has 1 amide bonds. The van der Waals surface area contributed by atoms with Crippen molar-refractivity contribution in [2.45, 2.75) is 71.3 Å². The van der Waals surface area contributed by atoms with Crippen LogP contribution < -0.4 is 16.0 Å². The standard InChI is InChI=1S/C20H33N3O/c1-3-23(4-2)19-13-11-16(15-18(19)21)12-14-20(24)22-17-9-7-5-6-8-10-17/h11,13,15,17H,3-10,12,14,21H2,1-2H3,(H,22,24). The van der Waals surface area contributed by atoms with Crippen molar-refractivity contribution in [2.24, 2.45) is 0 Å². The number of anilines is 2. The average Bonchev–Trinajstić information content (AvgIpc) is 2.84. The lowest BCUT2D eigenvalue weighted by molar-refractivity contribution is -0.121. The van der Waals surface area contributed by atoms with Crippen molar-refractivity contribution >= 4 is 17.3 Å². The van der Waals surface area contributed by atoms with E-state index in [1.54, 1.807) is 0 Å². The zero-order valence-electron chi connectivity index (χ0n) is 15.3. The van der Waals surface area contributed by atoms with Gasteiger partial charge < -0.3 is 16.0 Å². The average molecular weight is 332 g/mol. The molecule has 0 aromatic heterocycles. The zero-order valence-corrected chi connectivity index (χ0v) is 15.3. The van der Waals surface area contributed by atoms with Gasteiger partial charge >= 0.3 is 0 Å². The maximum atomic E-state index is 12.2. The van der Waals surface area contributed by atoms with Gasteiger partial charge in [0.05, 0.1) is 11.4 Å².